The number of esters is 1. The molecule has 1 N–H and O–H groups in total. The molecule has 0 bridgehead atoms. The molecule has 3 aromatic carbocycles. The lowest BCUT2D eigenvalue weighted by Gasteiger charge is -2.16. The minimum Gasteiger partial charge on any atom is -0.464 e. The highest BCUT2D eigenvalue weighted by Gasteiger charge is 2.20. The van der Waals surface area contributed by atoms with E-state index in [0.717, 1.165) is 36.2 Å². The molecule has 0 fully saturated rings. The highest BCUT2D eigenvalue weighted by Crippen LogP contribution is 2.18. The molecule has 3 aromatic rings. The lowest BCUT2D eigenvalue weighted by atomic mass is 10.1. The van der Waals surface area contributed by atoms with E-state index < -0.39 is 17.2 Å². The summed E-state index contributed by atoms with van der Waals surface area (Å²) in [7, 11) is 0. The molecule has 7 heteroatoms. The lowest BCUT2D eigenvalue weighted by molar-refractivity contribution is -0.156. The van der Waals surface area contributed by atoms with Crippen LogP contribution >= 0.6 is 0 Å². The number of carbonyl (C=O) groups is 1. The van der Waals surface area contributed by atoms with Crippen LogP contribution in [0.15, 0.2) is 77.7 Å². The van der Waals surface area contributed by atoms with Gasteiger partial charge in [-0.05, 0) is 81.1 Å². The van der Waals surface area contributed by atoms with E-state index in [1.807, 2.05) is 86.6 Å². The number of hydrogen-bond donors (Lipinski definition) is 1. The van der Waals surface area contributed by atoms with Gasteiger partial charge in [0, 0.05) is 25.3 Å². The first kappa shape index (κ1) is 27.4. The second-order valence-electron chi connectivity index (χ2n) is 8.40. The summed E-state index contributed by atoms with van der Waals surface area (Å²) in [6.07, 6.45) is 1.80. The lowest BCUT2D eigenvalue weighted by Crippen LogP contribution is -2.28. The molecule has 0 aliphatic rings. The standard InChI is InChI=1S/C29H35NO5S/c1-4-33-28(29(31)34-5-2)21-24-10-14-25(15-11-24)30-20-6-7-23-12-16-26(17-13-23)35-36(32)27-18-8-22(3)9-19-27/h8-19,28,30H,4-7,20-21H2,1-3H3. The van der Waals surface area contributed by atoms with E-state index in [2.05, 4.69) is 5.32 Å². The Labute approximate surface area is 216 Å². The Morgan fingerprint density at radius 1 is 0.889 bits per heavy atom. The third-order valence-electron chi connectivity index (χ3n) is 5.57. The number of benzene rings is 3. The summed E-state index contributed by atoms with van der Waals surface area (Å²) in [5.41, 5.74) is 4.37. The van der Waals surface area contributed by atoms with Crippen molar-refractivity contribution in [3.63, 3.8) is 0 Å². The summed E-state index contributed by atoms with van der Waals surface area (Å²) >= 11 is -1.53. The molecule has 0 saturated carbocycles. The SMILES string of the molecule is CCOC(=O)C(Cc1ccc(NCCCc2ccc(OS(=O)c3ccc(C)cc3)cc2)cc1)OCC. The average Bonchev–Trinajstić information content (AvgIpc) is 2.88. The number of carbonyl (C=O) groups excluding carboxylic acids is 1. The number of nitrogens with one attached hydrogen (secondary N) is 1. The quantitative estimate of drug-likeness (QED) is 0.224. The summed E-state index contributed by atoms with van der Waals surface area (Å²) in [5, 5.41) is 3.44. The third kappa shape index (κ3) is 8.81. The van der Waals surface area contributed by atoms with Crippen molar-refractivity contribution in [2.45, 2.75) is 51.0 Å². The van der Waals surface area contributed by atoms with Gasteiger partial charge < -0.3 is 19.0 Å². The second kappa shape index (κ2) is 14.4. The van der Waals surface area contributed by atoms with Crippen molar-refractivity contribution in [3.8, 4) is 5.75 Å². The van der Waals surface area contributed by atoms with Crippen molar-refractivity contribution in [2.75, 3.05) is 25.1 Å². The summed E-state index contributed by atoms with van der Waals surface area (Å²) in [4.78, 5) is 12.7. The van der Waals surface area contributed by atoms with E-state index in [4.69, 9.17) is 13.7 Å². The van der Waals surface area contributed by atoms with Crippen molar-refractivity contribution in [1.82, 2.24) is 0 Å². The van der Waals surface area contributed by atoms with Gasteiger partial charge in [0.25, 0.3) is 0 Å². The average molecular weight is 510 g/mol. The van der Waals surface area contributed by atoms with Crippen LogP contribution in [-0.4, -0.2) is 36.0 Å². The van der Waals surface area contributed by atoms with Gasteiger partial charge in [-0.3, -0.25) is 0 Å². The van der Waals surface area contributed by atoms with Gasteiger partial charge in [0.1, 0.15) is 5.75 Å². The van der Waals surface area contributed by atoms with E-state index >= 15 is 0 Å². The molecule has 6 nitrogen and oxygen atoms in total. The number of anilines is 1. The molecular weight excluding hydrogens is 474 g/mol. The molecule has 0 aliphatic carbocycles. The van der Waals surface area contributed by atoms with Gasteiger partial charge >= 0.3 is 5.97 Å². The van der Waals surface area contributed by atoms with Crippen LogP contribution in [0.3, 0.4) is 0 Å². The maximum absolute atomic E-state index is 12.4. The summed E-state index contributed by atoms with van der Waals surface area (Å²) in [6, 6.07) is 23.3. The highest BCUT2D eigenvalue weighted by atomic mass is 32.2. The fourth-order valence-electron chi connectivity index (χ4n) is 3.64. The Morgan fingerprint density at radius 2 is 1.56 bits per heavy atom. The fourth-order valence-corrected chi connectivity index (χ4v) is 4.38. The Kier molecular flexibility index (Phi) is 11.0. The minimum absolute atomic E-state index is 0.319. The van der Waals surface area contributed by atoms with E-state index in [0.29, 0.717) is 30.3 Å². The Balaban J connectivity index is 1.40. The van der Waals surface area contributed by atoms with Gasteiger partial charge in [0.05, 0.1) is 11.5 Å². The molecule has 0 radical (unpaired) electrons. The van der Waals surface area contributed by atoms with Crippen LogP contribution in [0.4, 0.5) is 5.69 Å². The van der Waals surface area contributed by atoms with Gasteiger partial charge in [-0.15, -0.1) is 0 Å². The molecule has 0 heterocycles. The topological polar surface area (TPSA) is 73.9 Å². The number of aryl methyl sites for hydroxylation is 2. The van der Waals surface area contributed by atoms with Gasteiger partial charge in [0.15, 0.2) is 6.10 Å². The number of rotatable bonds is 14. The molecule has 0 amide bonds. The van der Waals surface area contributed by atoms with Gasteiger partial charge in [0.2, 0.25) is 11.1 Å². The molecule has 0 saturated heterocycles. The summed E-state index contributed by atoms with van der Waals surface area (Å²) in [6.45, 7) is 7.30. The molecule has 192 valence electrons. The molecule has 0 aliphatic heterocycles. The maximum Gasteiger partial charge on any atom is 0.335 e. The third-order valence-corrected chi connectivity index (χ3v) is 6.57. The molecule has 2 atom stereocenters. The Hall–Kier alpha value is -3.16. The zero-order valence-electron chi connectivity index (χ0n) is 21.2. The van der Waals surface area contributed by atoms with Crippen molar-refractivity contribution in [2.24, 2.45) is 0 Å². The van der Waals surface area contributed by atoms with Crippen molar-refractivity contribution in [1.29, 1.82) is 0 Å². The first-order valence-corrected chi connectivity index (χ1v) is 13.4. The zero-order valence-corrected chi connectivity index (χ0v) is 22.0. The molecule has 36 heavy (non-hydrogen) atoms. The smallest absolute Gasteiger partial charge is 0.335 e. The fraction of sp³-hybridized carbons (Fsp3) is 0.345. The zero-order chi connectivity index (χ0) is 25.8. The van der Waals surface area contributed by atoms with Gasteiger partial charge in [-0.1, -0.05) is 42.0 Å². The van der Waals surface area contributed by atoms with Crippen LogP contribution in [0, 0.1) is 6.92 Å². The predicted molar refractivity (Wildman–Crippen MR) is 144 cm³/mol. The van der Waals surface area contributed by atoms with E-state index in [1.165, 1.54) is 5.56 Å². The monoisotopic (exact) mass is 509 g/mol. The van der Waals surface area contributed by atoms with Crippen LogP contribution in [0.2, 0.25) is 0 Å². The predicted octanol–water partition coefficient (Wildman–Crippen LogP) is 5.65. The number of hydrogen-bond acceptors (Lipinski definition) is 6. The van der Waals surface area contributed by atoms with Crippen LogP contribution in [-0.2, 0) is 38.2 Å². The van der Waals surface area contributed by atoms with Crippen LogP contribution in [0.1, 0.15) is 37.0 Å². The summed E-state index contributed by atoms with van der Waals surface area (Å²) < 4.78 is 28.6. The Morgan fingerprint density at radius 3 is 2.19 bits per heavy atom. The molecule has 3 rings (SSSR count). The van der Waals surface area contributed by atoms with E-state index in [9.17, 15) is 9.00 Å². The summed E-state index contributed by atoms with van der Waals surface area (Å²) in [5.74, 6) is 0.270. The normalized spacial score (nSPS) is 12.5. The molecular formula is C29H35NO5S. The number of ether oxygens (including phenoxy) is 2. The second-order valence-corrected chi connectivity index (χ2v) is 9.51. The first-order chi connectivity index (χ1) is 17.5. The van der Waals surface area contributed by atoms with Crippen molar-refractivity contribution in [3.05, 3.63) is 89.5 Å². The molecule has 2 unspecified atom stereocenters. The van der Waals surface area contributed by atoms with E-state index in [-0.39, 0.29) is 5.97 Å². The van der Waals surface area contributed by atoms with Crippen LogP contribution in [0.5, 0.6) is 5.75 Å². The highest BCUT2D eigenvalue weighted by molar-refractivity contribution is 7.80. The minimum atomic E-state index is -1.53. The Bertz CT molecular complexity index is 1100. The molecule has 0 aromatic heterocycles. The van der Waals surface area contributed by atoms with Gasteiger partial charge in [-0.2, -0.15) is 0 Å². The largest absolute Gasteiger partial charge is 0.464 e. The van der Waals surface area contributed by atoms with Gasteiger partial charge in [-0.25, -0.2) is 9.00 Å². The van der Waals surface area contributed by atoms with Crippen molar-refractivity contribution >= 4 is 22.7 Å². The van der Waals surface area contributed by atoms with E-state index in [1.54, 1.807) is 6.92 Å². The van der Waals surface area contributed by atoms with Crippen molar-refractivity contribution < 1.29 is 22.7 Å². The first-order valence-electron chi connectivity index (χ1n) is 12.3. The molecule has 0 spiro atoms. The maximum atomic E-state index is 12.4. The van der Waals surface area contributed by atoms with Crippen LogP contribution in [0.25, 0.3) is 0 Å². The van der Waals surface area contributed by atoms with Crippen LogP contribution < -0.4 is 9.50 Å².